The minimum absolute atomic E-state index is 0.123. The number of hydrogen-bond donors (Lipinski definition) is 3. The number of nitrogens with two attached hydrogens (primary N) is 1. The lowest BCUT2D eigenvalue weighted by molar-refractivity contribution is -0.953. The van der Waals surface area contributed by atoms with Crippen LogP contribution in [-0.4, -0.2) is 58.9 Å². The average molecular weight is 217 g/mol. The summed E-state index contributed by atoms with van der Waals surface area (Å²) >= 11 is 0. The first-order chi connectivity index (χ1) is 6.77. The Morgan fingerprint density at radius 2 is 1.93 bits per heavy atom. The van der Waals surface area contributed by atoms with Crippen molar-refractivity contribution >= 4 is 11.9 Å². The number of carboxylic acid groups (broad SMARTS) is 2. The van der Waals surface area contributed by atoms with Crippen LogP contribution in [0, 0.1) is 0 Å². The SMILES string of the molecule is C[N+]1(CCCC(=O)O)CC(N)(C(=O)O)C1. The maximum Gasteiger partial charge on any atom is 0.335 e. The van der Waals surface area contributed by atoms with E-state index >= 15 is 0 Å². The molecule has 6 nitrogen and oxygen atoms in total. The zero-order valence-corrected chi connectivity index (χ0v) is 8.77. The fourth-order valence-corrected chi connectivity index (χ4v) is 2.22. The molecule has 4 N–H and O–H groups in total. The van der Waals surface area contributed by atoms with E-state index in [1.807, 2.05) is 7.05 Å². The number of likely N-dealkylation sites (tertiary alicyclic amines) is 1. The summed E-state index contributed by atoms with van der Waals surface area (Å²) in [5.74, 6) is -1.80. The molecule has 0 saturated carbocycles. The quantitative estimate of drug-likeness (QED) is 0.518. The number of nitrogens with zero attached hydrogens (tertiary/aromatic N) is 1. The van der Waals surface area contributed by atoms with Gasteiger partial charge in [-0.3, -0.25) is 4.79 Å². The van der Waals surface area contributed by atoms with E-state index in [9.17, 15) is 9.59 Å². The molecule has 0 amide bonds. The summed E-state index contributed by atoms with van der Waals surface area (Å²) in [6.45, 7) is 1.42. The van der Waals surface area contributed by atoms with Crippen LogP contribution in [0.15, 0.2) is 0 Å². The highest BCUT2D eigenvalue weighted by Gasteiger charge is 2.56. The smallest absolute Gasteiger partial charge is 0.335 e. The number of aliphatic carboxylic acids is 2. The Labute approximate surface area is 87.9 Å². The molecule has 6 heteroatoms. The van der Waals surface area contributed by atoms with Gasteiger partial charge in [-0.2, -0.15) is 0 Å². The summed E-state index contributed by atoms with van der Waals surface area (Å²) in [4.78, 5) is 21.0. The first-order valence-electron chi connectivity index (χ1n) is 4.85. The molecule has 1 saturated heterocycles. The molecule has 0 spiro atoms. The predicted octanol–water partition coefficient (Wildman–Crippen LogP) is -0.906. The van der Waals surface area contributed by atoms with Crippen molar-refractivity contribution in [2.45, 2.75) is 18.4 Å². The maximum absolute atomic E-state index is 10.7. The van der Waals surface area contributed by atoms with Gasteiger partial charge in [-0.15, -0.1) is 0 Å². The van der Waals surface area contributed by atoms with Crippen LogP contribution in [0.1, 0.15) is 12.8 Å². The molecular weight excluding hydrogens is 200 g/mol. The van der Waals surface area contributed by atoms with Gasteiger partial charge in [-0.25, -0.2) is 4.79 Å². The van der Waals surface area contributed by atoms with Crippen LogP contribution in [0.3, 0.4) is 0 Å². The van der Waals surface area contributed by atoms with Crippen molar-refractivity contribution in [3.63, 3.8) is 0 Å². The lowest BCUT2D eigenvalue weighted by atomic mass is 9.88. The fourth-order valence-electron chi connectivity index (χ4n) is 2.22. The van der Waals surface area contributed by atoms with Gasteiger partial charge < -0.3 is 20.4 Å². The van der Waals surface area contributed by atoms with E-state index in [1.54, 1.807) is 0 Å². The van der Waals surface area contributed by atoms with Crippen molar-refractivity contribution < 1.29 is 24.3 Å². The first-order valence-corrected chi connectivity index (χ1v) is 4.85. The fraction of sp³-hybridized carbons (Fsp3) is 0.778. The maximum atomic E-state index is 10.7. The van der Waals surface area contributed by atoms with E-state index in [2.05, 4.69) is 0 Å². The number of carboxylic acids is 2. The Morgan fingerprint density at radius 3 is 2.33 bits per heavy atom. The third kappa shape index (κ3) is 2.66. The van der Waals surface area contributed by atoms with Crippen molar-refractivity contribution in [3.8, 4) is 0 Å². The van der Waals surface area contributed by atoms with E-state index in [0.29, 0.717) is 30.5 Å². The third-order valence-electron chi connectivity index (χ3n) is 2.84. The van der Waals surface area contributed by atoms with Crippen molar-refractivity contribution in [2.24, 2.45) is 5.73 Å². The summed E-state index contributed by atoms with van der Waals surface area (Å²) < 4.78 is 0.552. The summed E-state index contributed by atoms with van der Waals surface area (Å²) in [6.07, 6.45) is 0.681. The highest BCUT2D eigenvalue weighted by molar-refractivity contribution is 5.79. The van der Waals surface area contributed by atoms with Gasteiger partial charge in [0.2, 0.25) is 5.54 Å². The number of likely N-dealkylation sites (N-methyl/N-ethyl adjacent to an activating group) is 1. The number of carbonyl (C=O) groups is 2. The second-order valence-corrected chi connectivity index (χ2v) is 4.62. The zero-order chi connectivity index (χ0) is 11.7. The minimum Gasteiger partial charge on any atom is -0.481 e. The van der Waals surface area contributed by atoms with Gasteiger partial charge in [0.1, 0.15) is 13.1 Å². The van der Waals surface area contributed by atoms with Crippen LogP contribution in [0.25, 0.3) is 0 Å². The molecule has 1 rings (SSSR count). The van der Waals surface area contributed by atoms with Crippen LogP contribution in [-0.2, 0) is 9.59 Å². The van der Waals surface area contributed by atoms with Gasteiger partial charge >= 0.3 is 11.9 Å². The van der Waals surface area contributed by atoms with E-state index in [1.165, 1.54) is 0 Å². The monoisotopic (exact) mass is 217 g/mol. The van der Waals surface area contributed by atoms with Crippen LogP contribution in [0.2, 0.25) is 0 Å². The molecule has 1 aliphatic rings. The molecule has 15 heavy (non-hydrogen) atoms. The van der Waals surface area contributed by atoms with Crippen LogP contribution in [0.5, 0.6) is 0 Å². The minimum atomic E-state index is -1.11. The normalized spacial score (nSPS) is 34.5. The topological polar surface area (TPSA) is 101 Å². The number of quaternary nitrogens is 1. The summed E-state index contributed by atoms with van der Waals surface area (Å²) in [6, 6.07) is 0. The molecule has 0 radical (unpaired) electrons. The third-order valence-corrected chi connectivity index (χ3v) is 2.84. The molecule has 0 aliphatic carbocycles. The lowest BCUT2D eigenvalue weighted by Crippen LogP contribution is -2.79. The highest BCUT2D eigenvalue weighted by atomic mass is 16.4. The van der Waals surface area contributed by atoms with E-state index in [0.717, 1.165) is 0 Å². The Balaban J connectivity index is 2.34. The Morgan fingerprint density at radius 1 is 1.40 bits per heavy atom. The van der Waals surface area contributed by atoms with Crippen LogP contribution >= 0.6 is 0 Å². The van der Waals surface area contributed by atoms with Gasteiger partial charge in [-0.05, 0) is 0 Å². The molecule has 0 atom stereocenters. The molecule has 0 aromatic carbocycles. The van der Waals surface area contributed by atoms with Gasteiger partial charge in [0, 0.05) is 6.42 Å². The first kappa shape index (κ1) is 11.9. The second kappa shape index (κ2) is 3.79. The summed E-state index contributed by atoms with van der Waals surface area (Å²) in [5.41, 5.74) is 4.51. The molecule has 1 fully saturated rings. The number of rotatable bonds is 5. The Kier molecular flexibility index (Phi) is 3.01. The molecule has 0 bridgehead atoms. The molecule has 86 valence electrons. The molecular formula is C9H17N2O4+. The summed E-state index contributed by atoms with van der Waals surface area (Å²) in [7, 11) is 1.90. The van der Waals surface area contributed by atoms with Crippen LogP contribution < -0.4 is 5.73 Å². The average Bonchev–Trinajstić information content (AvgIpc) is 2.00. The van der Waals surface area contributed by atoms with E-state index in [4.69, 9.17) is 15.9 Å². The van der Waals surface area contributed by atoms with Crippen molar-refractivity contribution in [1.82, 2.24) is 0 Å². The zero-order valence-electron chi connectivity index (χ0n) is 8.77. The van der Waals surface area contributed by atoms with Gasteiger partial charge in [0.25, 0.3) is 0 Å². The highest BCUT2D eigenvalue weighted by Crippen LogP contribution is 2.26. The van der Waals surface area contributed by atoms with Gasteiger partial charge in [0.05, 0.1) is 20.0 Å². The van der Waals surface area contributed by atoms with E-state index < -0.39 is 17.5 Å². The van der Waals surface area contributed by atoms with Crippen LogP contribution in [0.4, 0.5) is 0 Å². The van der Waals surface area contributed by atoms with Gasteiger partial charge in [-0.1, -0.05) is 0 Å². The summed E-state index contributed by atoms with van der Waals surface area (Å²) in [5, 5.41) is 17.3. The lowest BCUT2D eigenvalue weighted by Gasteiger charge is -2.51. The van der Waals surface area contributed by atoms with E-state index in [-0.39, 0.29) is 6.42 Å². The van der Waals surface area contributed by atoms with Crippen molar-refractivity contribution in [1.29, 1.82) is 0 Å². The number of hydrogen-bond acceptors (Lipinski definition) is 3. The molecule has 1 aliphatic heterocycles. The Hall–Kier alpha value is -1.14. The van der Waals surface area contributed by atoms with Crippen molar-refractivity contribution in [3.05, 3.63) is 0 Å². The Bertz CT molecular complexity index is 284. The molecule has 0 unspecified atom stereocenters. The molecule has 0 aromatic rings. The van der Waals surface area contributed by atoms with Gasteiger partial charge in [0.15, 0.2) is 0 Å². The molecule has 1 heterocycles. The molecule has 0 aromatic heterocycles. The largest absolute Gasteiger partial charge is 0.481 e. The van der Waals surface area contributed by atoms with Crippen molar-refractivity contribution in [2.75, 3.05) is 26.7 Å². The second-order valence-electron chi connectivity index (χ2n) is 4.62. The standard InChI is InChI=1S/C9H16N2O4/c1-11(4-2-3-7(12)13)5-9(10,6-11)8(14)15/h2-6,10H2,1H3,(H-,12,13,14,15)/p+1. The predicted molar refractivity (Wildman–Crippen MR) is 52.2 cm³/mol.